The van der Waals surface area contributed by atoms with Crippen LogP contribution in [0.4, 0.5) is 0 Å². The minimum absolute atomic E-state index is 0.0437. The molecule has 9 atom stereocenters. The fraction of sp³-hybridized carbons (Fsp3) is 1.00. The molecule has 3 rings (SSSR count). The van der Waals surface area contributed by atoms with Gasteiger partial charge in [0.15, 0.2) is 19.2 Å². The number of rotatable bonds is 6. The van der Waals surface area contributed by atoms with Gasteiger partial charge in [0.25, 0.3) is 0 Å². The maximum Gasteiger partial charge on any atom is 0.316 e. The summed E-state index contributed by atoms with van der Waals surface area (Å²) in [5.74, 6) is -1.56. The van der Waals surface area contributed by atoms with Crippen molar-refractivity contribution in [2.45, 2.75) is 68.3 Å². The largest absolute Gasteiger partial charge is 0.382 e. The molecule has 0 bridgehead atoms. The highest BCUT2D eigenvalue weighted by atomic mass is 16.9. The molecule has 3 saturated heterocycles. The van der Waals surface area contributed by atoms with Gasteiger partial charge in [0.1, 0.15) is 24.4 Å². The number of ether oxygens (including phenoxy) is 10. The van der Waals surface area contributed by atoms with Gasteiger partial charge in [0.05, 0.1) is 18.8 Å². The van der Waals surface area contributed by atoms with Crippen molar-refractivity contribution in [2.24, 2.45) is 0 Å². The van der Waals surface area contributed by atoms with Gasteiger partial charge >= 0.3 is 5.97 Å². The molecule has 0 amide bonds. The molecule has 3 heterocycles. The van der Waals surface area contributed by atoms with Gasteiger partial charge in [-0.05, 0) is 6.92 Å². The van der Waals surface area contributed by atoms with E-state index >= 15 is 0 Å². The van der Waals surface area contributed by atoms with Gasteiger partial charge in [-0.2, -0.15) is 0 Å². The van der Waals surface area contributed by atoms with E-state index in [0.29, 0.717) is 6.42 Å². The Bertz CT molecular complexity index is 493. The van der Waals surface area contributed by atoms with Crippen LogP contribution in [-0.4, -0.2) is 104 Å². The molecule has 164 valence electrons. The van der Waals surface area contributed by atoms with Crippen molar-refractivity contribution in [3.8, 4) is 0 Å². The van der Waals surface area contributed by atoms with Crippen molar-refractivity contribution < 1.29 is 47.4 Å². The third-order valence-electron chi connectivity index (χ3n) is 5.51. The Morgan fingerprint density at radius 2 is 1.68 bits per heavy atom. The molecule has 0 N–H and O–H groups in total. The number of hydrogen-bond acceptors (Lipinski definition) is 10. The van der Waals surface area contributed by atoms with E-state index in [4.69, 9.17) is 47.4 Å². The second-order valence-corrected chi connectivity index (χ2v) is 7.06. The van der Waals surface area contributed by atoms with Crippen LogP contribution in [0.2, 0.25) is 0 Å². The standard InChI is InChI=1S/C18H32O10/c1-10-14-11(7-13(20-3)26-10)24-9-25-18(28-14)17(23-6)16(22-5)15(21-4)12(27-18)8-19-2/h10-17H,7-9H2,1-6H3/t10?,11-,12?,13-,14-,15-,16?,17?,18-/m1/s1. The SMILES string of the molecule is COCC1O[C@]2(OCO[C@@H]3C[C@H](OC)OC(C)[C@H]3O2)C(OC)C(OC)[C@@H]1OC. The lowest BCUT2D eigenvalue weighted by atomic mass is 9.96. The van der Waals surface area contributed by atoms with Crippen molar-refractivity contribution >= 4 is 0 Å². The average molecular weight is 408 g/mol. The molecule has 1 spiro atoms. The fourth-order valence-electron chi connectivity index (χ4n) is 4.17. The van der Waals surface area contributed by atoms with E-state index < -0.39 is 36.5 Å². The minimum Gasteiger partial charge on any atom is -0.382 e. The molecule has 4 unspecified atom stereocenters. The molecule has 0 aromatic heterocycles. The quantitative estimate of drug-likeness (QED) is 0.610. The summed E-state index contributed by atoms with van der Waals surface area (Å²) in [7, 11) is 7.90. The smallest absolute Gasteiger partial charge is 0.316 e. The predicted molar refractivity (Wildman–Crippen MR) is 93.5 cm³/mol. The maximum absolute atomic E-state index is 6.39. The zero-order valence-electron chi connectivity index (χ0n) is 17.3. The second-order valence-electron chi connectivity index (χ2n) is 7.06. The first kappa shape index (κ1) is 22.3. The topological polar surface area (TPSA) is 92.3 Å². The lowest BCUT2D eigenvalue weighted by Gasteiger charge is -2.51. The molecular formula is C18H32O10. The normalized spacial score (nSPS) is 46.9. The lowest BCUT2D eigenvalue weighted by Crippen LogP contribution is -2.69. The first-order valence-corrected chi connectivity index (χ1v) is 9.40. The van der Waals surface area contributed by atoms with Crippen molar-refractivity contribution in [1.82, 2.24) is 0 Å². The predicted octanol–water partition coefficient (Wildman–Crippen LogP) is 0.270. The van der Waals surface area contributed by atoms with Crippen LogP contribution < -0.4 is 0 Å². The molecule has 0 aromatic rings. The van der Waals surface area contributed by atoms with Gasteiger partial charge in [-0.3, -0.25) is 4.74 Å². The van der Waals surface area contributed by atoms with E-state index in [1.54, 1.807) is 35.5 Å². The lowest BCUT2D eigenvalue weighted by molar-refractivity contribution is -0.476. The number of methoxy groups -OCH3 is 5. The van der Waals surface area contributed by atoms with Crippen LogP contribution in [0.5, 0.6) is 0 Å². The summed E-state index contributed by atoms with van der Waals surface area (Å²) in [6.07, 6.45) is -3.10. The Balaban J connectivity index is 1.90. The highest BCUT2D eigenvalue weighted by Gasteiger charge is 2.61. The fourth-order valence-corrected chi connectivity index (χ4v) is 4.17. The molecule has 0 saturated carbocycles. The summed E-state index contributed by atoms with van der Waals surface area (Å²) in [4.78, 5) is 0. The first-order chi connectivity index (χ1) is 13.5. The molecule has 3 aliphatic rings. The van der Waals surface area contributed by atoms with Crippen LogP contribution in [0.1, 0.15) is 13.3 Å². The van der Waals surface area contributed by atoms with Gasteiger partial charge in [0.2, 0.25) is 0 Å². The Labute approximate surface area is 165 Å². The molecule has 0 radical (unpaired) electrons. The molecule has 3 fully saturated rings. The third kappa shape index (κ3) is 4.08. The van der Waals surface area contributed by atoms with E-state index in [1.165, 1.54) is 0 Å². The Hall–Kier alpha value is -0.400. The maximum atomic E-state index is 6.39. The zero-order chi connectivity index (χ0) is 20.3. The second kappa shape index (κ2) is 9.61. The van der Waals surface area contributed by atoms with Gasteiger partial charge in [-0.25, -0.2) is 0 Å². The van der Waals surface area contributed by atoms with Crippen molar-refractivity contribution in [2.75, 3.05) is 48.9 Å². The van der Waals surface area contributed by atoms with Crippen molar-refractivity contribution in [3.63, 3.8) is 0 Å². The molecule has 0 aromatic carbocycles. The van der Waals surface area contributed by atoms with E-state index in [-0.39, 0.29) is 31.9 Å². The Morgan fingerprint density at radius 3 is 2.29 bits per heavy atom. The minimum atomic E-state index is -1.56. The van der Waals surface area contributed by atoms with Crippen molar-refractivity contribution in [1.29, 1.82) is 0 Å². The number of fused-ring (bicyclic) bond motifs is 1. The van der Waals surface area contributed by atoms with E-state index in [0.717, 1.165) is 0 Å². The monoisotopic (exact) mass is 408 g/mol. The van der Waals surface area contributed by atoms with E-state index in [9.17, 15) is 0 Å². The third-order valence-corrected chi connectivity index (χ3v) is 5.51. The summed E-state index contributed by atoms with van der Waals surface area (Å²) < 4.78 is 58.1. The molecule has 0 aliphatic carbocycles. The molecule has 3 aliphatic heterocycles. The summed E-state index contributed by atoms with van der Waals surface area (Å²) in [5, 5.41) is 0. The summed E-state index contributed by atoms with van der Waals surface area (Å²) in [5.41, 5.74) is 0. The van der Waals surface area contributed by atoms with Gasteiger partial charge in [-0.1, -0.05) is 0 Å². The van der Waals surface area contributed by atoms with Gasteiger partial charge in [-0.15, -0.1) is 0 Å². The van der Waals surface area contributed by atoms with Crippen LogP contribution in [0.15, 0.2) is 0 Å². The highest BCUT2D eigenvalue weighted by Crippen LogP contribution is 2.41. The van der Waals surface area contributed by atoms with Crippen LogP contribution in [0.25, 0.3) is 0 Å². The molecule has 28 heavy (non-hydrogen) atoms. The van der Waals surface area contributed by atoms with Crippen LogP contribution in [-0.2, 0) is 47.4 Å². The Morgan fingerprint density at radius 1 is 0.929 bits per heavy atom. The first-order valence-electron chi connectivity index (χ1n) is 9.40. The summed E-state index contributed by atoms with van der Waals surface area (Å²) in [6.45, 7) is 2.11. The molecule has 10 heteroatoms. The summed E-state index contributed by atoms with van der Waals surface area (Å²) in [6, 6.07) is 0. The van der Waals surface area contributed by atoms with Crippen LogP contribution in [0.3, 0.4) is 0 Å². The highest BCUT2D eigenvalue weighted by molar-refractivity contribution is 4.98. The van der Waals surface area contributed by atoms with Crippen LogP contribution >= 0.6 is 0 Å². The van der Waals surface area contributed by atoms with Crippen molar-refractivity contribution in [3.05, 3.63) is 0 Å². The van der Waals surface area contributed by atoms with Gasteiger partial charge in [0, 0.05) is 42.0 Å². The zero-order valence-corrected chi connectivity index (χ0v) is 17.3. The number of hydrogen-bond donors (Lipinski definition) is 0. The Kier molecular flexibility index (Phi) is 7.65. The van der Waals surface area contributed by atoms with Gasteiger partial charge < -0.3 is 42.6 Å². The van der Waals surface area contributed by atoms with Crippen LogP contribution in [0, 0.1) is 0 Å². The molecule has 10 nitrogen and oxygen atoms in total. The molecular weight excluding hydrogens is 376 g/mol. The average Bonchev–Trinajstić information content (AvgIpc) is 2.87. The van der Waals surface area contributed by atoms with E-state index in [1.807, 2.05) is 6.92 Å². The van der Waals surface area contributed by atoms with E-state index in [2.05, 4.69) is 0 Å². The summed E-state index contributed by atoms with van der Waals surface area (Å²) >= 11 is 0.